The molecule has 2 rings (SSSR count). The van der Waals surface area contributed by atoms with Crippen molar-refractivity contribution in [3.8, 4) is 5.75 Å². The average Bonchev–Trinajstić information content (AvgIpc) is 2.39. The Bertz CT molecular complexity index is 661. The van der Waals surface area contributed by atoms with Crippen LogP contribution in [-0.2, 0) is 6.18 Å². The molecule has 112 valence electrons. The summed E-state index contributed by atoms with van der Waals surface area (Å²) in [4.78, 5) is 3.74. The van der Waals surface area contributed by atoms with Crippen LogP contribution in [0.3, 0.4) is 0 Å². The van der Waals surface area contributed by atoms with Gasteiger partial charge in [-0.25, -0.2) is 9.37 Å². The van der Waals surface area contributed by atoms with Crippen molar-refractivity contribution in [1.29, 1.82) is 0 Å². The highest BCUT2D eigenvalue weighted by molar-refractivity contribution is 6.29. The maximum absolute atomic E-state index is 13.3. The summed E-state index contributed by atoms with van der Waals surface area (Å²) in [5, 5.41) is 2.31. The van der Waals surface area contributed by atoms with E-state index in [1.54, 1.807) is 0 Å². The van der Waals surface area contributed by atoms with Crippen LogP contribution >= 0.6 is 11.6 Å². The molecule has 0 aliphatic carbocycles. The van der Waals surface area contributed by atoms with E-state index in [-0.39, 0.29) is 16.7 Å². The van der Waals surface area contributed by atoms with Crippen LogP contribution in [0.15, 0.2) is 30.3 Å². The fourth-order valence-corrected chi connectivity index (χ4v) is 1.82. The summed E-state index contributed by atoms with van der Waals surface area (Å²) in [7, 11) is 1.28. The van der Waals surface area contributed by atoms with Gasteiger partial charge in [-0.2, -0.15) is 13.2 Å². The molecule has 0 fully saturated rings. The number of pyridine rings is 1. The summed E-state index contributed by atoms with van der Waals surface area (Å²) >= 11 is 5.57. The number of anilines is 2. The van der Waals surface area contributed by atoms with Crippen molar-refractivity contribution in [3.05, 3.63) is 46.9 Å². The van der Waals surface area contributed by atoms with Gasteiger partial charge in [-0.3, -0.25) is 0 Å². The number of nitrogens with zero attached hydrogens (tertiary/aromatic N) is 1. The molecule has 1 aromatic heterocycles. The highest BCUT2D eigenvalue weighted by Gasteiger charge is 2.31. The Morgan fingerprint density at radius 3 is 2.52 bits per heavy atom. The standard InChI is InChI=1S/C13H9ClF4N2O/c1-21-10-6-8(2-3-9(10)15)19-12-5-7(13(16,17)18)4-11(14)20-12/h2-6H,1H3,(H,19,20). The predicted octanol–water partition coefficient (Wildman–Crippen LogP) is 4.65. The molecule has 3 nitrogen and oxygen atoms in total. The monoisotopic (exact) mass is 320 g/mol. The second kappa shape index (κ2) is 5.77. The maximum atomic E-state index is 13.3. The molecule has 8 heteroatoms. The fourth-order valence-electron chi connectivity index (χ4n) is 1.61. The Labute approximate surface area is 122 Å². The van der Waals surface area contributed by atoms with Gasteiger partial charge in [0.1, 0.15) is 11.0 Å². The van der Waals surface area contributed by atoms with Crippen molar-refractivity contribution in [3.63, 3.8) is 0 Å². The van der Waals surface area contributed by atoms with Crippen molar-refractivity contribution in [2.45, 2.75) is 6.18 Å². The molecule has 0 bridgehead atoms. The van der Waals surface area contributed by atoms with Crippen molar-refractivity contribution < 1.29 is 22.3 Å². The Morgan fingerprint density at radius 2 is 1.90 bits per heavy atom. The van der Waals surface area contributed by atoms with E-state index in [0.717, 1.165) is 18.2 Å². The lowest BCUT2D eigenvalue weighted by molar-refractivity contribution is -0.137. The predicted molar refractivity (Wildman–Crippen MR) is 70.5 cm³/mol. The number of ether oxygens (including phenoxy) is 1. The molecule has 0 unspecified atom stereocenters. The van der Waals surface area contributed by atoms with Gasteiger partial charge in [0.15, 0.2) is 11.6 Å². The molecule has 0 aliphatic rings. The molecule has 0 aliphatic heterocycles. The van der Waals surface area contributed by atoms with Gasteiger partial charge in [0.25, 0.3) is 0 Å². The van der Waals surface area contributed by atoms with Crippen LogP contribution < -0.4 is 10.1 Å². The van der Waals surface area contributed by atoms with E-state index in [1.807, 2.05) is 0 Å². The van der Waals surface area contributed by atoms with E-state index in [9.17, 15) is 17.6 Å². The van der Waals surface area contributed by atoms with Gasteiger partial charge in [-0.1, -0.05) is 11.6 Å². The van der Waals surface area contributed by atoms with Crippen LogP contribution in [0.1, 0.15) is 5.56 Å². The first-order chi connectivity index (χ1) is 9.79. The molecule has 0 saturated carbocycles. The molecule has 0 radical (unpaired) electrons. The van der Waals surface area contributed by atoms with E-state index in [2.05, 4.69) is 10.3 Å². The Kier molecular flexibility index (Phi) is 4.22. The number of alkyl halides is 3. The molecule has 0 amide bonds. The van der Waals surface area contributed by atoms with Gasteiger partial charge in [-0.05, 0) is 24.3 Å². The topological polar surface area (TPSA) is 34.1 Å². The Hall–Kier alpha value is -2.02. The van der Waals surface area contributed by atoms with Crippen LogP contribution in [0.4, 0.5) is 29.1 Å². The SMILES string of the molecule is COc1cc(Nc2cc(C(F)(F)F)cc(Cl)n2)ccc1F. The molecular weight excluding hydrogens is 312 g/mol. The van der Waals surface area contributed by atoms with E-state index < -0.39 is 17.6 Å². The van der Waals surface area contributed by atoms with Crippen molar-refractivity contribution in [2.24, 2.45) is 0 Å². The lowest BCUT2D eigenvalue weighted by atomic mass is 10.2. The highest BCUT2D eigenvalue weighted by atomic mass is 35.5. The molecule has 21 heavy (non-hydrogen) atoms. The third kappa shape index (κ3) is 3.75. The lowest BCUT2D eigenvalue weighted by Gasteiger charge is -2.11. The molecule has 0 atom stereocenters. The molecular formula is C13H9ClF4N2O. The highest BCUT2D eigenvalue weighted by Crippen LogP contribution is 2.33. The quantitative estimate of drug-likeness (QED) is 0.660. The number of benzene rings is 1. The van der Waals surface area contributed by atoms with E-state index in [4.69, 9.17) is 16.3 Å². The summed E-state index contributed by atoms with van der Waals surface area (Å²) in [6, 6.07) is 5.29. The summed E-state index contributed by atoms with van der Waals surface area (Å²) in [5.41, 5.74) is -0.616. The van der Waals surface area contributed by atoms with Gasteiger partial charge in [-0.15, -0.1) is 0 Å². The van der Waals surface area contributed by atoms with Gasteiger partial charge in [0, 0.05) is 11.8 Å². The average molecular weight is 321 g/mol. The van der Waals surface area contributed by atoms with Crippen molar-refractivity contribution >= 4 is 23.1 Å². The summed E-state index contributed by atoms with van der Waals surface area (Å²) in [5.74, 6) is -0.736. The third-order valence-corrected chi connectivity index (χ3v) is 2.74. The third-order valence-electron chi connectivity index (χ3n) is 2.54. The van der Waals surface area contributed by atoms with Crippen LogP contribution in [0, 0.1) is 5.82 Å². The summed E-state index contributed by atoms with van der Waals surface area (Å²) in [6.45, 7) is 0. The normalized spacial score (nSPS) is 11.3. The molecule has 1 aromatic carbocycles. The van der Waals surface area contributed by atoms with E-state index >= 15 is 0 Å². The zero-order valence-corrected chi connectivity index (χ0v) is 11.4. The number of rotatable bonds is 3. The summed E-state index contributed by atoms with van der Waals surface area (Å²) in [6.07, 6.45) is -4.54. The second-order valence-corrected chi connectivity index (χ2v) is 4.42. The number of methoxy groups -OCH3 is 1. The van der Waals surface area contributed by atoms with Crippen LogP contribution in [0.2, 0.25) is 5.15 Å². The van der Waals surface area contributed by atoms with Gasteiger partial charge < -0.3 is 10.1 Å². The molecule has 1 N–H and O–H groups in total. The molecule has 2 aromatic rings. The van der Waals surface area contributed by atoms with Crippen LogP contribution in [0.25, 0.3) is 0 Å². The first-order valence-electron chi connectivity index (χ1n) is 5.65. The van der Waals surface area contributed by atoms with Crippen LogP contribution in [-0.4, -0.2) is 12.1 Å². The zero-order valence-electron chi connectivity index (χ0n) is 10.6. The largest absolute Gasteiger partial charge is 0.494 e. The first-order valence-corrected chi connectivity index (χ1v) is 6.03. The Balaban J connectivity index is 2.33. The smallest absolute Gasteiger partial charge is 0.416 e. The minimum atomic E-state index is -4.54. The minimum absolute atomic E-state index is 0.0435. The number of halogens is 5. The lowest BCUT2D eigenvalue weighted by Crippen LogP contribution is -2.06. The van der Waals surface area contributed by atoms with Crippen molar-refractivity contribution in [2.75, 3.05) is 12.4 Å². The van der Waals surface area contributed by atoms with E-state index in [1.165, 1.54) is 19.2 Å². The van der Waals surface area contributed by atoms with Crippen molar-refractivity contribution in [1.82, 2.24) is 4.98 Å². The first kappa shape index (κ1) is 15.4. The zero-order chi connectivity index (χ0) is 15.6. The van der Waals surface area contributed by atoms with E-state index in [0.29, 0.717) is 5.69 Å². The van der Waals surface area contributed by atoms with Gasteiger partial charge >= 0.3 is 6.18 Å². The molecule has 0 spiro atoms. The fraction of sp³-hybridized carbons (Fsp3) is 0.154. The Morgan fingerprint density at radius 1 is 1.19 bits per heavy atom. The van der Waals surface area contributed by atoms with Crippen LogP contribution in [0.5, 0.6) is 5.75 Å². The summed E-state index contributed by atoms with van der Waals surface area (Å²) < 4.78 is 56.1. The number of hydrogen-bond donors (Lipinski definition) is 1. The number of hydrogen-bond acceptors (Lipinski definition) is 3. The maximum Gasteiger partial charge on any atom is 0.416 e. The minimum Gasteiger partial charge on any atom is -0.494 e. The second-order valence-electron chi connectivity index (χ2n) is 4.04. The number of nitrogens with one attached hydrogen (secondary N) is 1. The number of aromatic nitrogens is 1. The molecule has 1 heterocycles. The van der Waals surface area contributed by atoms with Gasteiger partial charge in [0.05, 0.1) is 12.7 Å². The molecule has 0 saturated heterocycles. The van der Waals surface area contributed by atoms with Gasteiger partial charge in [0.2, 0.25) is 0 Å².